The molecular formula is C29H29F4NO3. The van der Waals surface area contributed by atoms with E-state index in [0.29, 0.717) is 12.1 Å². The van der Waals surface area contributed by atoms with Gasteiger partial charge in [-0.25, -0.2) is 4.39 Å². The zero-order valence-corrected chi connectivity index (χ0v) is 21.0. The molecule has 0 amide bonds. The van der Waals surface area contributed by atoms with Crippen LogP contribution in [-0.2, 0) is 27.5 Å². The van der Waals surface area contributed by atoms with Gasteiger partial charge in [0.1, 0.15) is 6.61 Å². The van der Waals surface area contributed by atoms with Crippen molar-refractivity contribution in [2.45, 2.75) is 38.8 Å². The summed E-state index contributed by atoms with van der Waals surface area (Å²) in [4.78, 5) is 13.8. The fourth-order valence-corrected chi connectivity index (χ4v) is 4.65. The van der Waals surface area contributed by atoms with E-state index in [9.17, 15) is 22.4 Å². The normalized spacial score (nSPS) is 14.4. The summed E-state index contributed by atoms with van der Waals surface area (Å²) in [7, 11) is 0. The number of rotatable bonds is 8. The molecular weight excluding hydrogens is 486 g/mol. The highest BCUT2D eigenvalue weighted by atomic mass is 19.4. The average Bonchev–Trinajstić information content (AvgIpc) is 3.09. The van der Waals surface area contributed by atoms with Crippen molar-refractivity contribution >= 4 is 11.7 Å². The van der Waals surface area contributed by atoms with Gasteiger partial charge in [-0.1, -0.05) is 38.1 Å². The zero-order chi connectivity index (χ0) is 26.8. The lowest BCUT2D eigenvalue weighted by atomic mass is 9.85. The Bertz CT molecular complexity index is 1270. The summed E-state index contributed by atoms with van der Waals surface area (Å²) in [5.74, 6) is -0.832. The van der Waals surface area contributed by atoms with Crippen LogP contribution in [0, 0.1) is 5.82 Å². The molecule has 37 heavy (non-hydrogen) atoms. The first kappa shape index (κ1) is 26.5. The molecule has 3 aromatic rings. The quantitative estimate of drug-likeness (QED) is 0.245. The monoisotopic (exact) mass is 515 g/mol. The Balaban J connectivity index is 1.42. The second kappa shape index (κ2) is 10.4. The molecule has 4 rings (SSSR count). The van der Waals surface area contributed by atoms with Crippen LogP contribution in [0.3, 0.4) is 0 Å². The number of nitrogens with zero attached hydrogens (tertiary/aromatic N) is 1. The maximum atomic E-state index is 14.5. The second-order valence-electron chi connectivity index (χ2n) is 9.71. The first-order valence-electron chi connectivity index (χ1n) is 12.1. The molecule has 0 saturated heterocycles. The van der Waals surface area contributed by atoms with Gasteiger partial charge in [0.05, 0.1) is 25.1 Å². The van der Waals surface area contributed by atoms with Crippen LogP contribution < -0.4 is 9.64 Å². The molecule has 1 aliphatic rings. The van der Waals surface area contributed by atoms with E-state index < -0.39 is 23.5 Å². The first-order chi connectivity index (χ1) is 17.5. The molecule has 0 aromatic heterocycles. The summed E-state index contributed by atoms with van der Waals surface area (Å²) in [5, 5.41) is 0. The number of hydrogen-bond acceptors (Lipinski definition) is 4. The number of benzene rings is 3. The van der Waals surface area contributed by atoms with Crippen molar-refractivity contribution in [2.24, 2.45) is 0 Å². The van der Waals surface area contributed by atoms with Crippen LogP contribution in [0.4, 0.5) is 23.2 Å². The second-order valence-corrected chi connectivity index (χ2v) is 9.71. The fourth-order valence-electron chi connectivity index (χ4n) is 4.65. The molecule has 0 aliphatic carbocycles. The molecule has 0 unspecified atom stereocenters. The first-order valence-corrected chi connectivity index (χ1v) is 12.1. The van der Waals surface area contributed by atoms with E-state index in [1.54, 1.807) is 13.0 Å². The molecule has 1 heterocycles. The number of carbonyl (C=O) groups is 1. The summed E-state index contributed by atoms with van der Waals surface area (Å²) in [6.07, 6.45) is -4.37. The van der Waals surface area contributed by atoms with E-state index in [0.717, 1.165) is 41.1 Å². The highest BCUT2D eigenvalue weighted by Gasteiger charge is 2.35. The molecule has 0 atom stereocenters. The third-order valence-corrected chi connectivity index (χ3v) is 6.47. The molecule has 196 valence electrons. The number of alkyl halides is 3. The smallest absolute Gasteiger partial charge is 0.416 e. The van der Waals surface area contributed by atoms with Crippen LogP contribution in [0.5, 0.6) is 5.75 Å². The molecule has 0 fully saturated rings. The van der Waals surface area contributed by atoms with Crippen molar-refractivity contribution in [2.75, 3.05) is 31.2 Å². The highest BCUT2D eigenvalue weighted by Crippen LogP contribution is 2.42. The molecule has 0 N–H and O–H groups in total. The minimum absolute atomic E-state index is 0.000848. The standard InChI is InChI=1S/C29H29F4NO3/c1-4-36-27(35)16-19-5-12-26(24(30)15-19)37-14-13-34-18-28(2,3)23-17-21(8-11-25(23)34)20-6-9-22(10-7-20)29(31,32)33/h5-12,15,17H,4,13-14,16,18H2,1-3H3. The number of hydrogen-bond donors (Lipinski definition) is 0. The number of halogens is 4. The maximum Gasteiger partial charge on any atom is 0.416 e. The van der Waals surface area contributed by atoms with Crippen molar-refractivity contribution in [1.82, 2.24) is 0 Å². The fraction of sp³-hybridized carbons (Fsp3) is 0.345. The molecule has 1 aliphatic heterocycles. The third kappa shape index (κ3) is 6.06. The van der Waals surface area contributed by atoms with E-state index in [4.69, 9.17) is 9.47 Å². The Morgan fingerprint density at radius 3 is 2.35 bits per heavy atom. The molecule has 8 heteroatoms. The van der Waals surface area contributed by atoms with Gasteiger partial charge in [0.2, 0.25) is 0 Å². The van der Waals surface area contributed by atoms with Gasteiger partial charge in [-0.15, -0.1) is 0 Å². The lowest BCUT2D eigenvalue weighted by Gasteiger charge is -2.22. The Morgan fingerprint density at radius 2 is 1.70 bits per heavy atom. The van der Waals surface area contributed by atoms with E-state index in [1.165, 1.54) is 24.3 Å². The molecule has 0 spiro atoms. The number of fused-ring (bicyclic) bond motifs is 1. The van der Waals surface area contributed by atoms with E-state index in [-0.39, 0.29) is 30.8 Å². The van der Waals surface area contributed by atoms with Crippen LogP contribution in [0.15, 0.2) is 60.7 Å². The number of anilines is 1. The largest absolute Gasteiger partial charge is 0.489 e. The minimum Gasteiger partial charge on any atom is -0.489 e. The Hall–Kier alpha value is -3.55. The predicted molar refractivity (Wildman–Crippen MR) is 134 cm³/mol. The summed E-state index contributed by atoms with van der Waals surface area (Å²) >= 11 is 0. The number of ether oxygens (including phenoxy) is 2. The molecule has 0 saturated carbocycles. The molecule has 3 aromatic carbocycles. The lowest BCUT2D eigenvalue weighted by Crippen LogP contribution is -2.31. The SMILES string of the molecule is CCOC(=O)Cc1ccc(OCCN2CC(C)(C)c3cc(-c4ccc(C(F)(F)F)cc4)ccc32)c(F)c1. The van der Waals surface area contributed by atoms with Gasteiger partial charge in [-0.05, 0) is 65.6 Å². The van der Waals surface area contributed by atoms with Gasteiger partial charge in [0.25, 0.3) is 0 Å². The van der Waals surface area contributed by atoms with E-state index in [1.807, 2.05) is 18.2 Å². The maximum absolute atomic E-state index is 14.5. The Labute approximate surface area is 213 Å². The highest BCUT2D eigenvalue weighted by molar-refractivity contribution is 5.73. The van der Waals surface area contributed by atoms with Gasteiger partial charge >= 0.3 is 12.1 Å². The van der Waals surface area contributed by atoms with Crippen LogP contribution in [0.25, 0.3) is 11.1 Å². The predicted octanol–water partition coefficient (Wildman–Crippen LogP) is 6.79. The Kier molecular flexibility index (Phi) is 7.48. The summed E-state index contributed by atoms with van der Waals surface area (Å²) in [5.41, 5.74) is 3.35. The molecule has 4 nitrogen and oxygen atoms in total. The van der Waals surface area contributed by atoms with Gasteiger partial charge in [-0.3, -0.25) is 4.79 Å². The van der Waals surface area contributed by atoms with Crippen LogP contribution in [0.1, 0.15) is 37.5 Å². The van der Waals surface area contributed by atoms with Crippen molar-refractivity contribution < 1.29 is 31.8 Å². The number of carbonyl (C=O) groups excluding carboxylic acids is 1. The van der Waals surface area contributed by atoms with Crippen LogP contribution in [0.2, 0.25) is 0 Å². The van der Waals surface area contributed by atoms with Crippen molar-refractivity contribution in [1.29, 1.82) is 0 Å². The zero-order valence-electron chi connectivity index (χ0n) is 21.0. The minimum atomic E-state index is -4.37. The van der Waals surface area contributed by atoms with Crippen molar-refractivity contribution in [3.63, 3.8) is 0 Å². The number of esters is 1. The van der Waals surface area contributed by atoms with Crippen molar-refractivity contribution in [3.8, 4) is 16.9 Å². The van der Waals surface area contributed by atoms with Crippen LogP contribution >= 0.6 is 0 Å². The molecule has 0 radical (unpaired) electrons. The summed E-state index contributed by atoms with van der Waals surface area (Å²) in [6, 6.07) is 15.5. The van der Waals surface area contributed by atoms with Crippen LogP contribution in [-0.4, -0.2) is 32.3 Å². The average molecular weight is 516 g/mol. The third-order valence-electron chi connectivity index (χ3n) is 6.47. The lowest BCUT2D eigenvalue weighted by molar-refractivity contribution is -0.142. The Morgan fingerprint density at radius 1 is 1.00 bits per heavy atom. The van der Waals surface area contributed by atoms with E-state index >= 15 is 0 Å². The summed E-state index contributed by atoms with van der Waals surface area (Å²) in [6.45, 7) is 7.73. The topological polar surface area (TPSA) is 38.8 Å². The summed E-state index contributed by atoms with van der Waals surface area (Å²) < 4.78 is 63.8. The van der Waals surface area contributed by atoms with Gasteiger partial charge < -0.3 is 14.4 Å². The van der Waals surface area contributed by atoms with Gasteiger partial charge in [0.15, 0.2) is 11.6 Å². The van der Waals surface area contributed by atoms with Gasteiger partial charge in [-0.2, -0.15) is 13.2 Å². The van der Waals surface area contributed by atoms with Crippen molar-refractivity contribution in [3.05, 3.63) is 83.2 Å². The van der Waals surface area contributed by atoms with Gasteiger partial charge in [0, 0.05) is 17.6 Å². The van der Waals surface area contributed by atoms with E-state index in [2.05, 4.69) is 18.7 Å². The molecule has 0 bridgehead atoms.